The highest BCUT2D eigenvalue weighted by molar-refractivity contribution is 7.89. The summed E-state index contributed by atoms with van der Waals surface area (Å²) >= 11 is 0. The van der Waals surface area contributed by atoms with Crippen molar-refractivity contribution in [2.75, 3.05) is 18.4 Å². The van der Waals surface area contributed by atoms with E-state index < -0.39 is 15.9 Å². The van der Waals surface area contributed by atoms with Gasteiger partial charge in [0, 0.05) is 18.7 Å². The number of hydrogen-bond acceptors (Lipinski definition) is 5. The number of nitrogens with zero attached hydrogens (tertiary/aromatic N) is 1. The van der Waals surface area contributed by atoms with Crippen molar-refractivity contribution in [1.82, 2.24) is 4.31 Å². The standard InChI is InChI=1S/C24H26N2O5S/c1-17-7-6-8-19(15-17)31-22-10-9-20(32(28,29)26-12-4-3-5-13-26)16-21(22)25-24(27)23-18(2)11-14-30-23/h6-11,14-16H,3-5,12-13H2,1-2H3,(H,25,27). The van der Waals surface area contributed by atoms with Gasteiger partial charge in [0.1, 0.15) is 5.75 Å². The lowest BCUT2D eigenvalue weighted by Gasteiger charge is -2.26. The minimum Gasteiger partial charge on any atom is -0.459 e. The molecular weight excluding hydrogens is 428 g/mol. The highest BCUT2D eigenvalue weighted by Gasteiger charge is 2.27. The number of ether oxygens (including phenoxy) is 1. The van der Waals surface area contributed by atoms with Gasteiger partial charge in [0.05, 0.1) is 16.8 Å². The molecule has 8 heteroatoms. The van der Waals surface area contributed by atoms with Gasteiger partial charge >= 0.3 is 0 Å². The number of carbonyl (C=O) groups excluding carboxylic acids is 1. The van der Waals surface area contributed by atoms with Crippen LogP contribution >= 0.6 is 0 Å². The van der Waals surface area contributed by atoms with Crippen molar-refractivity contribution in [2.24, 2.45) is 0 Å². The Morgan fingerprint density at radius 2 is 1.81 bits per heavy atom. The zero-order valence-electron chi connectivity index (χ0n) is 18.1. The van der Waals surface area contributed by atoms with Crippen LogP contribution in [-0.2, 0) is 10.0 Å². The lowest BCUT2D eigenvalue weighted by Crippen LogP contribution is -2.35. The molecule has 4 rings (SSSR count). The quantitative estimate of drug-likeness (QED) is 0.559. The molecule has 3 aromatic rings. The SMILES string of the molecule is Cc1cccc(Oc2ccc(S(=O)(=O)N3CCCCC3)cc2NC(=O)c2occc2C)c1. The Morgan fingerprint density at radius 3 is 2.50 bits per heavy atom. The molecule has 32 heavy (non-hydrogen) atoms. The molecule has 1 fully saturated rings. The molecule has 0 atom stereocenters. The lowest BCUT2D eigenvalue weighted by molar-refractivity contribution is 0.0995. The van der Waals surface area contributed by atoms with Crippen LogP contribution in [-0.4, -0.2) is 31.7 Å². The van der Waals surface area contributed by atoms with E-state index in [1.165, 1.54) is 22.7 Å². The lowest BCUT2D eigenvalue weighted by atomic mass is 10.2. The number of sulfonamides is 1. The van der Waals surface area contributed by atoms with Crippen molar-refractivity contribution in [3.8, 4) is 11.5 Å². The monoisotopic (exact) mass is 454 g/mol. The molecule has 0 spiro atoms. The minimum atomic E-state index is -3.68. The second-order valence-electron chi connectivity index (χ2n) is 7.93. The molecule has 1 aliphatic rings. The van der Waals surface area contributed by atoms with Crippen molar-refractivity contribution in [1.29, 1.82) is 0 Å². The van der Waals surface area contributed by atoms with Gasteiger partial charge in [0.25, 0.3) is 5.91 Å². The van der Waals surface area contributed by atoms with Crippen LogP contribution in [0, 0.1) is 13.8 Å². The van der Waals surface area contributed by atoms with Crippen LogP contribution in [0.1, 0.15) is 40.9 Å². The minimum absolute atomic E-state index is 0.113. The average Bonchev–Trinajstić information content (AvgIpc) is 3.21. The second-order valence-corrected chi connectivity index (χ2v) is 9.87. The van der Waals surface area contributed by atoms with Crippen molar-refractivity contribution >= 4 is 21.6 Å². The summed E-state index contributed by atoms with van der Waals surface area (Å²) in [5.41, 5.74) is 1.95. The fourth-order valence-corrected chi connectivity index (χ4v) is 5.24. The van der Waals surface area contributed by atoms with Gasteiger partial charge < -0.3 is 14.5 Å². The van der Waals surface area contributed by atoms with Gasteiger partial charge in [0.15, 0.2) is 11.5 Å². The van der Waals surface area contributed by atoms with Gasteiger partial charge in [-0.3, -0.25) is 4.79 Å². The number of nitrogens with one attached hydrogen (secondary N) is 1. The van der Waals surface area contributed by atoms with E-state index in [1.807, 2.05) is 25.1 Å². The van der Waals surface area contributed by atoms with Crippen LogP contribution in [0.2, 0.25) is 0 Å². The van der Waals surface area contributed by atoms with Gasteiger partial charge in [-0.1, -0.05) is 18.6 Å². The molecule has 1 aromatic heterocycles. The van der Waals surface area contributed by atoms with Gasteiger partial charge in [-0.2, -0.15) is 4.31 Å². The number of carbonyl (C=O) groups is 1. The van der Waals surface area contributed by atoms with Crippen LogP contribution < -0.4 is 10.1 Å². The summed E-state index contributed by atoms with van der Waals surface area (Å²) in [6, 6.07) is 13.7. The molecule has 1 N–H and O–H groups in total. The van der Waals surface area contributed by atoms with E-state index in [4.69, 9.17) is 9.15 Å². The van der Waals surface area contributed by atoms with Gasteiger partial charge in [-0.15, -0.1) is 0 Å². The Kier molecular flexibility index (Phi) is 6.34. The summed E-state index contributed by atoms with van der Waals surface area (Å²) in [6.45, 7) is 4.71. The highest BCUT2D eigenvalue weighted by Crippen LogP contribution is 2.34. The van der Waals surface area contributed by atoms with Crippen molar-refractivity contribution < 1.29 is 22.4 Å². The van der Waals surface area contributed by atoms with Crippen LogP contribution in [0.4, 0.5) is 5.69 Å². The number of rotatable bonds is 6. The summed E-state index contributed by atoms with van der Waals surface area (Å²) in [5.74, 6) is 0.608. The molecule has 2 aromatic carbocycles. The van der Waals surface area contributed by atoms with E-state index in [0.29, 0.717) is 30.2 Å². The average molecular weight is 455 g/mol. The maximum atomic E-state index is 13.2. The molecule has 0 radical (unpaired) electrons. The first kappa shape index (κ1) is 22.1. The predicted octanol–water partition coefficient (Wildman–Crippen LogP) is 5.12. The smallest absolute Gasteiger partial charge is 0.291 e. The summed E-state index contributed by atoms with van der Waals surface area (Å²) < 4.78 is 39.1. The molecule has 0 unspecified atom stereocenters. The zero-order valence-corrected chi connectivity index (χ0v) is 18.9. The van der Waals surface area contributed by atoms with Crippen LogP contribution in [0.15, 0.2) is 64.1 Å². The molecular formula is C24H26N2O5S. The van der Waals surface area contributed by atoms with Gasteiger partial charge in [-0.25, -0.2) is 8.42 Å². The number of furan rings is 1. The van der Waals surface area contributed by atoms with Crippen LogP contribution in [0.5, 0.6) is 11.5 Å². The summed E-state index contributed by atoms with van der Waals surface area (Å²) in [6.07, 6.45) is 4.15. The third-order valence-corrected chi connectivity index (χ3v) is 7.33. The fourth-order valence-electron chi connectivity index (χ4n) is 3.70. The summed E-state index contributed by atoms with van der Waals surface area (Å²) in [7, 11) is -3.68. The number of benzene rings is 2. The van der Waals surface area contributed by atoms with Crippen LogP contribution in [0.3, 0.4) is 0 Å². The molecule has 0 saturated carbocycles. The molecule has 7 nitrogen and oxygen atoms in total. The molecule has 1 amide bonds. The van der Waals surface area contributed by atoms with E-state index >= 15 is 0 Å². The Labute approximate surface area is 188 Å². The second kappa shape index (κ2) is 9.18. The van der Waals surface area contributed by atoms with E-state index in [1.54, 1.807) is 25.1 Å². The first-order chi connectivity index (χ1) is 15.3. The number of piperidine rings is 1. The number of anilines is 1. The Hall–Kier alpha value is -3.10. The Morgan fingerprint density at radius 1 is 1.03 bits per heavy atom. The first-order valence-corrected chi connectivity index (χ1v) is 12.0. The topological polar surface area (TPSA) is 88.9 Å². The molecule has 1 saturated heterocycles. The van der Waals surface area contributed by atoms with Crippen molar-refractivity contribution in [2.45, 2.75) is 38.0 Å². The number of amides is 1. The van der Waals surface area contributed by atoms with E-state index in [9.17, 15) is 13.2 Å². The third-order valence-electron chi connectivity index (χ3n) is 5.44. The van der Waals surface area contributed by atoms with Crippen molar-refractivity contribution in [3.63, 3.8) is 0 Å². The summed E-state index contributed by atoms with van der Waals surface area (Å²) in [4.78, 5) is 12.9. The predicted molar refractivity (Wildman–Crippen MR) is 122 cm³/mol. The number of hydrogen-bond donors (Lipinski definition) is 1. The Bertz CT molecular complexity index is 1230. The Balaban J connectivity index is 1.70. The van der Waals surface area contributed by atoms with Crippen molar-refractivity contribution in [3.05, 3.63) is 71.7 Å². The zero-order chi connectivity index (χ0) is 22.7. The summed E-state index contributed by atoms with van der Waals surface area (Å²) in [5, 5.41) is 2.76. The normalized spacial score (nSPS) is 14.8. The van der Waals surface area contributed by atoms with Crippen LogP contribution in [0.25, 0.3) is 0 Å². The molecule has 168 valence electrons. The van der Waals surface area contributed by atoms with E-state index in [0.717, 1.165) is 24.8 Å². The highest BCUT2D eigenvalue weighted by atomic mass is 32.2. The van der Waals surface area contributed by atoms with E-state index in [2.05, 4.69) is 5.32 Å². The van der Waals surface area contributed by atoms with E-state index in [-0.39, 0.29) is 16.3 Å². The van der Waals surface area contributed by atoms with Gasteiger partial charge in [0.2, 0.25) is 10.0 Å². The fraction of sp³-hybridized carbons (Fsp3) is 0.292. The number of aryl methyl sites for hydroxylation is 2. The van der Waals surface area contributed by atoms with Gasteiger partial charge in [-0.05, 0) is 68.7 Å². The largest absolute Gasteiger partial charge is 0.459 e. The maximum Gasteiger partial charge on any atom is 0.291 e. The first-order valence-electron chi connectivity index (χ1n) is 10.6. The molecule has 0 bridgehead atoms. The molecule has 1 aliphatic heterocycles. The maximum absolute atomic E-state index is 13.2. The molecule has 0 aliphatic carbocycles. The third kappa shape index (κ3) is 4.71. The molecule has 2 heterocycles.